The average Bonchev–Trinajstić information content (AvgIpc) is 3.33. The molecule has 0 bridgehead atoms. The molecule has 0 unspecified atom stereocenters. The van der Waals surface area contributed by atoms with Crippen LogP contribution in [0, 0.1) is 6.92 Å². The fourth-order valence-electron chi connectivity index (χ4n) is 3.29. The van der Waals surface area contributed by atoms with Crippen molar-refractivity contribution in [2.45, 2.75) is 18.2 Å². The molecule has 7 nitrogen and oxygen atoms in total. The molecule has 3 aromatic rings. The van der Waals surface area contributed by atoms with E-state index in [0.29, 0.717) is 23.8 Å². The monoisotopic (exact) mass is 429 g/mol. The summed E-state index contributed by atoms with van der Waals surface area (Å²) in [4.78, 5) is 17.0. The SMILES string of the molecule is COc1ccc(S(=O)(=O)N2CCc3ccccc32)cc1C(=O)Nc1nc(C)cs1. The number of fused-ring (bicyclic) bond motifs is 1. The summed E-state index contributed by atoms with van der Waals surface area (Å²) in [6.45, 7) is 2.20. The Labute approximate surface area is 173 Å². The van der Waals surface area contributed by atoms with Crippen molar-refractivity contribution in [3.63, 3.8) is 0 Å². The molecule has 2 aromatic carbocycles. The van der Waals surface area contributed by atoms with Crippen LogP contribution in [0.1, 0.15) is 21.6 Å². The number of aromatic nitrogens is 1. The summed E-state index contributed by atoms with van der Waals surface area (Å²) in [5, 5.41) is 4.96. The van der Waals surface area contributed by atoms with Gasteiger partial charge in [0.1, 0.15) is 5.75 Å². The molecule has 150 valence electrons. The summed E-state index contributed by atoms with van der Waals surface area (Å²) in [6, 6.07) is 11.7. The molecular formula is C20H19N3O4S2. The number of benzene rings is 2. The lowest BCUT2D eigenvalue weighted by molar-refractivity contribution is 0.102. The molecule has 0 aliphatic carbocycles. The van der Waals surface area contributed by atoms with Crippen LogP contribution in [0.4, 0.5) is 10.8 Å². The van der Waals surface area contributed by atoms with E-state index in [2.05, 4.69) is 10.3 Å². The van der Waals surface area contributed by atoms with Crippen molar-refractivity contribution in [2.24, 2.45) is 0 Å². The van der Waals surface area contributed by atoms with Crippen molar-refractivity contribution in [1.82, 2.24) is 4.98 Å². The summed E-state index contributed by atoms with van der Waals surface area (Å²) in [5.74, 6) is -0.188. The Morgan fingerprint density at radius 2 is 2.03 bits per heavy atom. The smallest absolute Gasteiger partial charge is 0.264 e. The highest BCUT2D eigenvalue weighted by Gasteiger charge is 2.31. The number of sulfonamides is 1. The highest BCUT2D eigenvalue weighted by molar-refractivity contribution is 7.92. The van der Waals surface area contributed by atoms with Gasteiger partial charge in [-0.3, -0.25) is 14.4 Å². The summed E-state index contributed by atoms with van der Waals surface area (Å²) < 4.78 is 33.2. The molecule has 0 fully saturated rings. The van der Waals surface area contributed by atoms with Gasteiger partial charge >= 0.3 is 0 Å². The second kappa shape index (κ2) is 7.49. The van der Waals surface area contributed by atoms with Gasteiger partial charge in [-0.15, -0.1) is 11.3 Å². The van der Waals surface area contributed by atoms with Crippen LogP contribution < -0.4 is 14.4 Å². The minimum atomic E-state index is -3.82. The molecule has 1 aromatic heterocycles. The predicted octanol–water partition coefficient (Wildman–Crippen LogP) is 3.46. The van der Waals surface area contributed by atoms with Crippen LogP contribution in [0.2, 0.25) is 0 Å². The molecule has 1 aliphatic heterocycles. The molecule has 0 atom stereocenters. The van der Waals surface area contributed by atoms with E-state index in [9.17, 15) is 13.2 Å². The highest BCUT2D eigenvalue weighted by atomic mass is 32.2. The van der Waals surface area contributed by atoms with Gasteiger partial charge in [-0.2, -0.15) is 0 Å². The van der Waals surface area contributed by atoms with Crippen LogP contribution in [0.15, 0.2) is 52.7 Å². The second-order valence-corrected chi connectivity index (χ2v) is 9.29. The molecule has 9 heteroatoms. The van der Waals surface area contributed by atoms with Crippen LogP contribution in [0.5, 0.6) is 5.75 Å². The maximum atomic E-state index is 13.3. The second-order valence-electron chi connectivity index (χ2n) is 6.57. The van der Waals surface area contributed by atoms with Crippen molar-refractivity contribution in [2.75, 3.05) is 23.3 Å². The third kappa shape index (κ3) is 3.58. The quantitative estimate of drug-likeness (QED) is 0.671. The maximum absolute atomic E-state index is 13.3. The zero-order chi connectivity index (χ0) is 20.6. The van der Waals surface area contributed by atoms with Gasteiger partial charge < -0.3 is 4.74 Å². The number of para-hydroxylation sites is 1. The lowest BCUT2D eigenvalue weighted by atomic mass is 10.2. The van der Waals surface area contributed by atoms with Crippen molar-refractivity contribution >= 4 is 38.1 Å². The standard InChI is InChI=1S/C20H19N3O4S2/c1-13-12-28-20(21-13)22-19(24)16-11-15(7-8-18(16)27-2)29(25,26)23-10-9-14-5-3-4-6-17(14)23/h3-8,11-12H,9-10H2,1-2H3,(H,21,22,24). The summed E-state index contributed by atoms with van der Waals surface area (Å²) in [7, 11) is -2.38. The van der Waals surface area contributed by atoms with Gasteiger partial charge in [-0.25, -0.2) is 13.4 Å². The normalized spacial score (nSPS) is 13.2. The van der Waals surface area contributed by atoms with Crippen molar-refractivity contribution in [1.29, 1.82) is 0 Å². The minimum Gasteiger partial charge on any atom is -0.496 e. The Kier molecular flexibility index (Phi) is 5.01. The van der Waals surface area contributed by atoms with Gasteiger partial charge in [-0.1, -0.05) is 18.2 Å². The number of aryl methyl sites for hydroxylation is 1. The summed E-state index contributed by atoms with van der Waals surface area (Å²) >= 11 is 1.30. The Bertz CT molecular complexity index is 1190. The molecule has 1 amide bonds. The number of carbonyl (C=O) groups excluding carboxylic acids is 1. The van der Waals surface area contributed by atoms with Crippen molar-refractivity contribution in [3.05, 3.63) is 64.7 Å². The zero-order valence-electron chi connectivity index (χ0n) is 15.9. The first kappa shape index (κ1) is 19.4. The third-order valence-electron chi connectivity index (χ3n) is 4.69. The highest BCUT2D eigenvalue weighted by Crippen LogP contribution is 2.34. The molecule has 1 N–H and O–H groups in total. The van der Waals surface area contributed by atoms with E-state index in [4.69, 9.17) is 4.74 Å². The third-order valence-corrected chi connectivity index (χ3v) is 7.37. The molecule has 2 heterocycles. The number of amides is 1. The molecule has 0 saturated carbocycles. The lowest BCUT2D eigenvalue weighted by Gasteiger charge is -2.20. The fourth-order valence-corrected chi connectivity index (χ4v) is 5.50. The summed E-state index contributed by atoms with van der Waals surface area (Å²) in [6.07, 6.45) is 0.655. The number of thiazole rings is 1. The van der Waals surface area contributed by atoms with Gasteiger partial charge in [0.15, 0.2) is 5.13 Å². The number of hydrogen-bond donors (Lipinski definition) is 1. The van der Waals surface area contributed by atoms with E-state index < -0.39 is 15.9 Å². The van der Waals surface area contributed by atoms with E-state index in [-0.39, 0.29) is 16.2 Å². The fraction of sp³-hybridized carbons (Fsp3) is 0.200. The molecule has 0 spiro atoms. The first-order chi connectivity index (χ1) is 13.9. The number of ether oxygens (including phenoxy) is 1. The van der Waals surface area contributed by atoms with E-state index in [0.717, 1.165) is 11.3 Å². The molecule has 0 saturated heterocycles. The van der Waals surface area contributed by atoms with Crippen LogP contribution in [0.3, 0.4) is 0 Å². The number of nitrogens with zero attached hydrogens (tertiary/aromatic N) is 2. The number of anilines is 2. The number of carbonyl (C=O) groups is 1. The Morgan fingerprint density at radius 1 is 1.24 bits per heavy atom. The van der Waals surface area contributed by atoms with Crippen molar-refractivity contribution < 1.29 is 17.9 Å². The van der Waals surface area contributed by atoms with Gasteiger partial charge in [-0.05, 0) is 43.2 Å². The van der Waals surface area contributed by atoms with Crippen LogP contribution in [-0.4, -0.2) is 33.0 Å². The van der Waals surface area contributed by atoms with E-state index in [1.54, 1.807) is 6.07 Å². The largest absolute Gasteiger partial charge is 0.496 e. The number of hydrogen-bond acceptors (Lipinski definition) is 6. The van der Waals surface area contributed by atoms with Gasteiger partial charge in [0.05, 0.1) is 29.0 Å². The Hall–Kier alpha value is -2.91. The average molecular weight is 430 g/mol. The van der Waals surface area contributed by atoms with Crippen molar-refractivity contribution in [3.8, 4) is 5.75 Å². The predicted molar refractivity (Wildman–Crippen MR) is 112 cm³/mol. The van der Waals surface area contributed by atoms with E-state index in [1.165, 1.54) is 41.0 Å². The molecular weight excluding hydrogens is 410 g/mol. The first-order valence-electron chi connectivity index (χ1n) is 8.92. The van der Waals surface area contributed by atoms with E-state index in [1.807, 2.05) is 30.5 Å². The first-order valence-corrected chi connectivity index (χ1v) is 11.2. The minimum absolute atomic E-state index is 0.0375. The van der Waals surface area contributed by atoms with E-state index >= 15 is 0 Å². The topological polar surface area (TPSA) is 88.6 Å². The van der Waals surface area contributed by atoms with Gasteiger partial charge in [0.25, 0.3) is 15.9 Å². The van der Waals surface area contributed by atoms with Gasteiger partial charge in [0, 0.05) is 11.9 Å². The van der Waals surface area contributed by atoms with Crippen LogP contribution in [0.25, 0.3) is 0 Å². The van der Waals surface area contributed by atoms with Gasteiger partial charge in [0.2, 0.25) is 0 Å². The number of rotatable bonds is 5. The van der Waals surface area contributed by atoms with Crippen LogP contribution >= 0.6 is 11.3 Å². The van der Waals surface area contributed by atoms with Crippen LogP contribution in [-0.2, 0) is 16.4 Å². The summed E-state index contributed by atoms with van der Waals surface area (Å²) in [5.41, 5.74) is 2.59. The molecule has 1 aliphatic rings. The molecule has 4 rings (SSSR count). The Balaban J connectivity index is 1.70. The Morgan fingerprint density at radius 3 is 2.76 bits per heavy atom. The molecule has 0 radical (unpaired) electrons. The number of methoxy groups -OCH3 is 1. The zero-order valence-corrected chi connectivity index (χ0v) is 17.5. The maximum Gasteiger partial charge on any atom is 0.264 e. The number of nitrogens with one attached hydrogen (secondary N) is 1. The lowest BCUT2D eigenvalue weighted by Crippen LogP contribution is -2.29. The molecule has 29 heavy (non-hydrogen) atoms.